The average molecular weight is 227 g/mol. The van der Waals surface area contributed by atoms with Crippen molar-refractivity contribution in [3.63, 3.8) is 0 Å². The molecule has 1 aromatic heterocycles. The molecule has 1 heterocycles. The van der Waals surface area contributed by atoms with E-state index in [9.17, 15) is 4.79 Å². The fraction of sp³-hybridized carbons (Fsp3) is 0.600. The van der Waals surface area contributed by atoms with E-state index in [2.05, 4.69) is 15.6 Å². The molecule has 0 saturated carbocycles. The average Bonchev–Trinajstić information content (AvgIpc) is 2.58. The van der Waals surface area contributed by atoms with Gasteiger partial charge in [0.1, 0.15) is 5.01 Å². The normalized spacial score (nSPS) is 10.7. The highest BCUT2D eigenvalue weighted by Gasteiger charge is 2.03. The van der Waals surface area contributed by atoms with Crippen molar-refractivity contribution >= 4 is 17.2 Å². The second kappa shape index (κ2) is 5.82. The number of amides is 1. The van der Waals surface area contributed by atoms with Gasteiger partial charge in [-0.25, -0.2) is 4.98 Å². The van der Waals surface area contributed by atoms with Crippen molar-refractivity contribution < 1.29 is 4.79 Å². The van der Waals surface area contributed by atoms with Crippen LogP contribution in [0.3, 0.4) is 0 Å². The molecule has 0 aliphatic carbocycles. The topological polar surface area (TPSA) is 54.0 Å². The Morgan fingerprint density at radius 3 is 2.87 bits per heavy atom. The van der Waals surface area contributed by atoms with E-state index in [4.69, 9.17) is 0 Å². The van der Waals surface area contributed by atoms with Crippen LogP contribution in [0.4, 0.5) is 0 Å². The van der Waals surface area contributed by atoms with E-state index in [0.717, 1.165) is 5.01 Å². The highest BCUT2D eigenvalue weighted by Crippen LogP contribution is 2.10. The molecule has 0 fully saturated rings. The number of thiazole rings is 1. The molecule has 15 heavy (non-hydrogen) atoms. The first-order chi connectivity index (χ1) is 7.08. The van der Waals surface area contributed by atoms with Gasteiger partial charge in [-0.1, -0.05) is 13.8 Å². The van der Waals surface area contributed by atoms with Crippen LogP contribution in [0.1, 0.15) is 23.7 Å². The maximum atomic E-state index is 11.3. The number of carbonyl (C=O) groups is 1. The summed E-state index contributed by atoms with van der Waals surface area (Å²) in [6, 6.07) is 0.331. The summed E-state index contributed by atoms with van der Waals surface area (Å²) in [5.41, 5.74) is 0. The molecule has 84 valence electrons. The number of nitrogens with zero attached hydrogens (tertiary/aromatic N) is 1. The lowest BCUT2D eigenvalue weighted by Crippen LogP contribution is -2.36. The summed E-state index contributed by atoms with van der Waals surface area (Å²) in [5, 5.41) is 6.82. The Balaban J connectivity index is 2.22. The van der Waals surface area contributed by atoms with Gasteiger partial charge < -0.3 is 10.6 Å². The first-order valence-corrected chi connectivity index (χ1v) is 5.81. The number of aromatic nitrogens is 1. The molecule has 2 N–H and O–H groups in total. The smallest absolute Gasteiger partial charge is 0.234 e. The van der Waals surface area contributed by atoms with Gasteiger partial charge >= 0.3 is 0 Å². The van der Waals surface area contributed by atoms with Crippen molar-refractivity contribution in [1.82, 2.24) is 15.6 Å². The van der Waals surface area contributed by atoms with Crippen LogP contribution in [0.25, 0.3) is 0 Å². The van der Waals surface area contributed by atoms with Crippen molar-refractivity contribution in [3.05, 3.63) is 16.1 Å². The van der Waals surface area contributed by atoms with E-state index in [1.807, 2.05) is 27.0 Å². The second-order valence-electron chi connectivity index (χ2n) is 3.68. The number of carbonyl (C=O) groups excluding carboxylic acids is 1. The summed E-state index contributed by atoms with van der Waals surface area (Å²) in [5.74, 6) is 0.0107. The van der Waals surface area contributed by atoms with Gasteiger partial charge in [0.05, 0.1) is 13.1 Å². The fourth-order valence-electron chi connectivity index (χ4n) is 1.02. The number of aryl methyl sites for hydroxylation is 1. The van der Waals surface area contributed by atoms with Crippen molar-refractivity contribution in [3.8, 4) is 0 Å². The monoisotopic (exact) mass is 227 g/mol. The van der Waals surface area contributed by atoms with E-state index in [1.54, 1.807) is 11.3 Å². The molecule has 1 amide bonds. The van der Waals surface area contributed by atoms with E-state index in [0.29, 0.717) is 19.1 Å². The van der Waals surface area contributed by atoms with Crippen LogP contribution < -0.4 is 10.6 Å². The quantitative estimate of drug-likeness (QED) is 0.791. The Kier molecular flexibility index (Phi) is 4.71. The predicted octanol–water partition coefficient (Wildman–Crippen LogP) is 1.07. The zero-order chi connectivity index (χ0) is 11.3. The van der Waals surface area contributed by atoms with Crippen LogP contribution in [-0.2, 0) is 11.3 Å². The molecule has 1 rings (SSSR count). The van der Waals surface area contributed by atoms with E-state index in [-0.39, 0.29) is 5.91 Å². The predicted molar refractivity (Wildman–Crippen MR) is 61.8 cm³/mol. The van der Waals surface area contributed by atoms with Crippen LogP contribution in [0.15, 0.2) is 6.20 Å². The molecule has 0 radical (unpaired) electrons. The van der Waals surface area contributed by atoms with Gasteiger partial charge in [0.15, 0.2) is 0 Å². The minimum absolute atomic E-state index is 0.0107. The maximum Gasteiger partial charge on any atom is 0.234 e. The third kappa shape index (κ3) is 4.90. The van der Waals surface area contributed by atoms with Crippen LogP contribution in [0.5, 0.6) is 0 Å². The van der Waals surface area contributed by atoms with Gasteiger partial charge in [0, 0.05) is 17.1 Å². The van der Waals surface area contributed by atoms with Gasteiger partial charge in [-0.3, -0.25) is 4.79 Å². The molecule has 0 aromatic carbocycles. The Morgan fingerprint density at radius 2 is 2.33 bits per heavy atom. The highest BCUT2D eigenvalue weighted by molar-refractivity contribution is 7.11. The summed E-state index contributed by atoms with van der Waals surface area (Å²) >= 11 is 1.61. The summed E-state index contributed by atoms with van der Waals surface area (Å²) in [4.78, 5) is 16.7. The minimum Gasteiger partial charge on any atom is -0.348 e. The van der Waals surface area contributed by atoms with Crippen LogP contribution in [-0.4, -0.2) is 23.5 Å². The molecule has 4 nitrogen and oxygen atoms in total. The Morgan fingerprint density at radius 1 is 1.60 bits per heavy atom. The van der Waals surface area contributed by atoms with Crippen molar-refractivity contribution in [1.29, 1.82) is 0 Å². The summed E-state index contributed by atoms with van der Waals surface area (Å²) in [7, 11) is 0. The Labute approximate surface area is 94.1 Å². The SMILES string of the molecule is Cc1cnc(CNC(=O)CNC(C)C)s1. The molecular weight excluding hydrogens is 210 g/mol. The molecule has 0 unspecified atom stereocenters. The fourth-order valence-corrected chi connectivity index (χ4v) is 1.74. The zero-order valence-corrected chi connectivity index (χ0v) is 10.1. The van der Waals surface area contributed by atoms with Gasteiger partial charge in [0.2, 0.25) is 5.91 Å². The summed E-state index contributed by atoms with van der Waals surface area (Å²) in [6.45, 7) is 6.91. The van der Waals surface area contributed by atoms with Gasteiger partial charge in [-0.05, 0) is 6.92 Å². The third-order valence-corrected chi connectivity index (χ3v) is 2.69. The summed E-state index contributed by atoms with van der Waals surface area (Å²) < 4.78 is 0. The Bertz CT molecular complexity index is 322. The lowest BCUT2D eigenvalue weighted by atomic mass is 10.4. The number of nitrogens with one attached hydrogen (secondary N) is 2. The molecule has 0 spiro atoms. The van der Waals surface area contributed by atoms with E-state index >= 15 is 0 Å². The highest BCUT2D eigenvalue weighted by atomic mass is 32.1. The lowest BCUT2D eigenvalue weighted by molar-refractivity contribution is -0.120. The van der Waals surface area contributed by atoms with E-state index < -0.39 is 0 Å². The zero-order valence-electron chi connectivity index (χ0n) is 9.33. The molecular formula is C10H17N3OS. The molecule has 0 aliphatic rings. The van der Waals surface area contributed by atoms with Crippen molar-refractivity contribution in [2.75, 3.05) is 6.54 Å². The van der Waals surface area contributed by atoms with Crippen molar-refractivity contribution in [2.24, 2.45) is 0 Å². The molecule has 5 heteroatoms. The first kappa shape index (κ1) is 12.1. The molecule has 0 atom stereocenters. The van der Waals surface area contributed by atoms with Crippen LogP contribution >= 0.6 is 11.3 Å². The van der Waals surface area contributed by atoms with Gasteiger partial charge in [-0.15, -0.1) is 11.3 Å². The third-order valence-electron chi connectivity index (χ3n) is 1.78. The van der Waals surface area contributed by atoms with Gasteiger partial charge in [-0.2, -0.15) is 0 Å². The minimum atomic E-state index is 0.0107. The van der Waals surface area contributed by atoms with Crippen molar-refractivity contribution in [2.45, 2.75) is 33.4 Å². The van der Waals surface area contributed by atoms with Crippen LogP contribution in [0, 0.1) is 6.92 Å². The standard InChI is InChI=1S/C10H17N3OS/c1-7(2)11-5-9(14)12-6-10-13-4-8(3)15-10/h4,7,11H,5-6H2,1-3H3,(H,12,14). The second-order valence-corrected chi connectivity index (χ2v) is 5.00. The number of rotatable bonds is 5. The maximum absolute atomic E-state index is 11.3. The summed E-state index contributed by atoms with van der Waals surface area (Å²) in [6.07, 6.45) is 1.82. The molecule has 0 bridgehead atoms. The largest absolute Gasteiger partial charge is 0.348 e. The van der Waals surface area contributed by atoms with E-state index in [1.165, 1.54) is 4.88 Å². The number of hydrogen-bond donors (Lipinski definition) is 2. The molecule has 0 saturated heterocycles. The molecule has 1 aromatic rings. The van der Waals surface area contributed by atoms with Gasteiger partial charge in [0.25, 0.3) is 0 Å². The Hall–Kier alpha value is -0.940. The number of hydrogen-bond acceptors (Lipinski definition) is 4. The first-order valence-electron chi connectivity index (χ1n) is 4.99. The lowest BCUT2D eigenvalue weighted by Gasteiger charge is -2.07. The van der Waals surface area contributed by atoms with Crippen LogP contribution in [0.2, 0.25) is 0 Å². The molecule has 0 aliphatic heterocycles.